The molecular formula is C31H45F3O3. The maximum atomic E-state index is 13.8. The fraction of sp³-hybridized carbons (Fsp3) is 0.613. The summed E-state index contributed by atoms with van der Waals surface area (Å²) in [5.41, 5.74) is 1.86. The van der Waals surface area contributed by atoms with Crippen LogP contribution >= 0.6 is 0 Å². The highest BCUT2D eigenvalue weighted by atomic mass is 19.2. The van der Waals surface area contributed by atoms with E-state index < -0.39 is 23.4 Å². The summed E-state index contributed by atoms with van der Waals surface area (Å²) in [6.07, 6.45) is 10.3. The van der Waals surface area contributed by atoms with Gasteiger partial charge < -0.3 is 14.2 Å². The molecular weight excluding hydrogens is 477 g/mol. The van der Waals surface area contributed by atoms with Gasteiger partial charge in [-0.25, -0.2) is 13.2 Å². The standard InChI is InChI=1S/C31H45F3O3/c1-5-9-10-11-12-13-14-27(31(35-19-6-2,36-20-7-3)37-21-8-4)25-17-15-24(16-18-25)26-22-28(32)30(34)29(33)23-26/h15-18,22-23,27H,5-14,19-21H2,1-4H3. The second kappa shape index (κ2) is 16.8. The minimum Gasteiger partial charge on any atom is -0.327 e. The van der Waals surface area contributed by atoms with Crippen LogP contribution in [0.25, 0.3) is 11.1 Å². The number of rotatable bonds is 19. The number of hydrogen-bond donors (Lipinski definition) is 0. The van der Waals surface area contributed by atoms with Crippen LogP contribution in [0.5, 0.6) is 0 Å². The van der Waals surface area contributed by atoms with Crippen molar-refractivity contribution in [1.29, 1.82) is 0 Å². The van der Waals surface area contributed by atoms with Crippen molar-refractivity contribution in [2.45, 2.75) is 104 Å². The normalized spacial score (nSPS) is 12.7. The van der Waals surface area contributed by atoms with Gasteiger partial charge in [0.15, 0.2) is 17.5 Å². The van der Waals surface area contributed by atoms with Gasteiger partial charge in [0.05, 0.1) is 25.7 Å². The molecule has 0 amide bonds. The van der Waals surface area contributed by atoms with E-state index in [2.05, 4.69) is 27.7 Å². The zero-order chi connectivity index (χ0) is 27.1. The van der Waals surface area contributed by atoms with Gasteiger partial charge in [-0.2, -0.15) is 0 Å². The molecule has 0 fully saturated rings. The molecule has 0 spiro atoms. The molecule has 0 bridgehead atoms. The molecule has 0 aliphatic carbocycles. The Morgan fingerprint density at radius 1 is 0.622 bits per heavy atom. The van der Waals surface area contributed by atoms with Crippen molar-refractivity contribution in [3.05, 3.63) is 59.4 Å². The first kappa shape index (κ1) is 31.3. The van der Waals surface area contributed by atoms with Crippen LogP contribution in [0.15, 0.2) is 36.4 Å². The van der Waals surface area contributed by atoms with E-state index in [9.17, 15) is 13.2 Å². The van der Waals surface area contributed by atoms with Crippen LogP contribution in [-0.4, -0.2) is 25.8 Å². The lowest BCUT2D eigenvalue weighted by Gasteiger charge is -2.40. The Kier molecular flexibility index (Phi) is 14.3. The Morgan fingerprint density at radius 2 is 1.11 bits per heavy atom. The average molecular weight is 523 g/mol. The molecule has 0 aliphatic heterocycles. The van der Waals surface area contributed by atoms with Gasteiger partial charge in [-0.1, -0.05) is 90.5 Å². The molecule has 37 heavy (non-hydrogen) atoms. The average Bonchev–Trinajstić information content (AvgIpc) is 2.91. The topological polar surface area (TPSA) is 27.7 Å². The summed E-state index contributed by atoms with van der Waals surface area (Å²) >= 11 is 0. The van der Waals surface area contributed by atoms with Crippen molar-refractivity contribution in [3.8, 4) is 11.1 Å². The highest BCUT2D eigenvalue weighted by Crippen LogP contribution is 2.40. The molecule has 0 aliphatic rings. The van der Waals surface area contributed by atoms with Gasteiger partial charge in [0.1, 0.15) is 0 Å². The molecule has 0 N–H and O–H groups in total. The molecule has 0 heterocycles. The first-order valence-corrected chi connectivity index (χ1v) is 14.1. The van der Waals surface area contributed by atoms with Gasteiger partial charge in [-0.05, 0) is 54.5 Å². The summed E-state index contributed by atoms with van der Waals surface area (Å²) < 4.78 is 60.2. The van der Waals surface area contributed by atoms with Crippen LogP contribution in [0.1, 0.15) is 103 Å². The van der Waals surface area contributed by atoms with Crippen LogP contribution in [0.2, 0.25) is 0 Å². The number of ether oxygens (including phenoxy) is 3. The van der Waals surface area contributed by atoms with Crippen molar-refractivity contribution >= 4 is 0 Å². The van der Waals surface area contributed by atoms with Crippen LogP contribution in [-0.2, 0) is 14.2 Å². The van der Waals surface area contributed by atoms with Crippen molar-refractivity contribution in [2.75, 3.05) is 19.8 Å². The van der Waals surface area contributed by atoms with E-state index in [0.717, 1.165) is 56.2 Å². The van der Waals surface area contributed by atoms with Crippen molar-refractivity contribution in [2.24, 2.45) is 0 Å². The van der Waals surface area contributed by atoms with E-state index in [-0.39, 0.29) is 11.5 Å². The SMILES string of the molecule is CCCCCCCCC(c1ccc(-c2cc(F)c(F)c(F)c2)cc1)C(OCCC)(OCCC)OCCC. The zero-order valence-corrected chi connectivity index (χ0v) is 23.1. The van der Waals surface area contributed by atoms with E-state index >= 15 is 0 Å². The van der Waals surface area contributed by atoms with Gasteiger partial charge in [0.2, 0.25) is 0 Å². The Morgan fingerprint density at radius 3 is 1.59 bits per heavy atom. The van der Waals surface area contributed by atoms with Crippen LogP contribution in [0.3, 0.4) is 0 Å². The fourth-order valence-electron chi connectivity index (χ4n) is 4.47. The summed E-state index contributed by atoms with van der Waals surface area (Å²) in [5, 5.41) is 0. The highest BCUT2D eigenvalue weighted by Gasteiger charge is 2.43. The van der Waals surface area contributed by atoms with Gasteiger partial charge in [-0.3, -0.25) is 0 Å². The predicted octanol–water partition coefficient (Wildman–Crippen LogP) is 9.54. The molecule has 0 saturated carbocycles. The largest absolute Gasteiger partial charge is 0.327 e. The minimum atomic E-state index is -1.46. The number of halogens is 3. The first-order chi connectivity index (χ1) is 17.9. The molecule has 1 unspecified atom stereocenters. The van der Waals surface area contributed by atoms with Crippen LogP contribution in [0, 0.1) is 17.5 Å². The maximum absolute atomic E-state index is 13.8. The molecule has 0 radical (unpaired) electrons. The highest BCUT2D eigenvalue weighted by molar-refractivity contribution is 5.64. The summed E-state index contributed by atoms with van der Waals surface area (Å²) in [4.78, 5) is 0. The molecule has 2 rings (SSSR count). The second-order valence-corrected chi connectivity index (χ2v) is 9.63. The lowest BCUT2D eigenvalue weighted by atomic mass is 9.89. The monoisotopic (exact) mass is 522 g/mol. The van der Waals surface area contributed by atoms with Crippen molar-refractivity contribution in [3.63, 3.8) is 0 Å². The first-order valence-electron chi connectivity index (χ1n) is 14.1. The Balaban J connectivity index is 2.41. The van der Waals surface area contributed by atoms with E-state index in [4.69, 9.17) is 14.2 Å². The molecule has 0 saturated heterocycles. The maximum Gasteiger partial charge on any atom is 0.290 e. The van der Waals surface area contributed by atoms with Crippen LogP contribution in [0.4, 0.5) is 13.2 Å². The Hall–Kier alpha value is -1.89. The number of benzene rings is 2. The van der Waals surface area contributed by atoms with Crippen molar-refractivity contribution < 1.29 is 27.4 Å². The third-order valence-electron chi connectivity index (χ3n) is 6.43. The molecule has 6 heteroatoms. The lowest BCUT2D eigenvalue weighted by Crippen LogP contribution is -2.46. The third-order valence-corrected chi connectivity index (χ3v) is 6.43. The molecule has 0 aromatic heterocycles. The molecule has 2 aromatic rings. The number of hydrogen-bond acceptors (Lipinski definition) is 3. The second-order valence-electron chi connectivity index (χ2n) is 9.63. The van der Waals surface area contributed by atoms with E-state index in [0.29, 0.717) is 25.4 Å². The summed E-state index contributed by atoms with van der Waals surface area (Å²) in [5.74, 6) is -5.25. The smallest absolute Gasteiger partial charge is 0.290 e. The Bertz CT molecular complexity index is 856. The Labute approximate surface area is 221 Å². The fourth-order valence-corrected chi connectivity index (χ4v) is 4.47. The molecule has 3 nitrogen and oxygen atoms in total. The molecule has 2 aromatic carbocycles. The lowest BCUT2D eigenvalue weighted by molar-refractivity contribution is -0.392. The van der Waals surface area contributed by atoms with E-state index in [1.165, 1.54) is 25.7 Å². The summed E-state index contributed by atoms with van der Waals surface area (Å²) in [6.45, 7) is 9.91. The molecule has 208 valence electrons. The van der Waals surface area contributed by atoms with Crippen LogP contribution < -0.4 is 0 Å². The predicted molar refractivity (Wildman–Crippen MR) is 144 cm³/mol. The van der Waals surface area contributed by atoms with E-state index in [1.54, 1.807) is 12.1 Å². The molecule has 1 atom stereocenters. The third kappa shape index (κ3) is 9.42. The van der Waals surface area contributed by atoms with Gasteiger partial charge in [-0.15, -0.1) is 0 Å². The zero-order valence-electron chi connectivity index (χ0n) is 23.1. The van der Waals surface area contributed by atoms with E-state index in [1.807, 2.05) is 12.1 Å². The minimum absolute atomic E-state index is 0.181. The summed E-state index contributed by atoms with van der Waals surface area (Å²) in [6, 6.07) is 9.52. The van der Waals surface area contributed by atoms with Crippen molar-refractivity contribution in [1.82, 2.24) is 0 Å². The van der Waals surface area contributed by atoms with Gasteiger partial charge in [0, 0.05) is 0 Å². The summed E-state index contributed by atoms with van der Waals surface area (Å²) in [7, 11) is 0. The number of unbranched alkanes of at least 4 members (excludes halogenated alkanes) is 5. The quantitative estimate of drug-likeness (QED) is 0.104. The van der Waals surface area contributed by atoms with Gasteiger partial charge in [0.25, 0.3) is 5.97 Å². The van der Waals surface area contributed by atoms with Gasteiger partial charge >= 0.3 is 0 Å².